The number of nitrogens with one attached hydrogen (secondary N) is 3. The van der Waals surface area contributed by atoms with Crippen molar-refractivity contribution >= 4 is 29.9 Å². The van der Waals surface area contributed by atoms with E-state index in [1.807, 2.05) is 24.3 Å². The number of aromatic nitrogens is 3. The molecule has 0 saturated heterocycles. The molecule has 8 heteroatoms. The lowest BCUT2D eigenvalue weighted by Crippen LogP contribution is -2.37. The van der Waals surface area contributed by atoms with Crippen LogP contribution in [0.1, 0.15) is 32.5 Å². The molecule has 0 atom stereocenters. The average molecular weight is 472 g/mol. The minimum absolute atomic E-state index is 0. The highest BCUT2D eigenvalue weighted by atomic mass is 127. The van der Waals surface area contributed by atoms with Crippen molar-refractivity contribution in [1.29, 1.82) is 0 Å². The van der Waals surface area contributed by atoms with Crippen LogP contribution in [0.3, 0.4) is 0 Å². The molecule has 0 radical (unpaired) electrons. The molecule has 144 valence electrons. The summed E-state index contributed by atoms with van der Waals surface area (Å²) in [4.78, 5) is 8.73. The lowest BCUT2D eigenvalue weighted by molar-refractivity contribution is 0.415. The van der Waals surface area contributed by atoms with Crippen molar-refractivity contribution in [2.24, 2.45) is 10.9 Å². The van der Waals surface area contributed by atoms with Gasteiger partial charge in [-0.25, -0.2) is 4.98 Å². The van der Waals surface area contributed by atoms with Gasteiger partial charge in [-0.3, -0.25) is 10.1 Å². The molecule has 0 saturated carbocycles. The van der Waals surface area contributed by atoms with Gasteiger partial charge in [-0.05, 0) is 43.0 Å². The van der Waals surface area contributed by atoms with Crippen LogP contribution < -0.4 is 15.4 Å². The van der Waals surface area contributed by atoms with E-state index < -0.39 is 0 Å². The minimum Gasteiger partial charge on any atom is -0.497 e. The molecule has 0 amide bonds. The van der Waals surface area contributed by atoms with Gasteiger partial charge in [-0.2, -0.15) is 5.10 Å². The first kappa shape index (κ1) is 22.2. The summed E-state index contributed by atoms with van der Waals surface area (Å²) in [5, 5.41) is 13.8. The molecule has 26 heavy (non-hydrogen) atoms. The Kier molecular flexibility index (Phi) is 10.0. The fraction of sp³-hybridized carbons (Fsp3) is 0.500. The van der Waals surface area contributed by atoms with E-state index in [1.54, 1.807) is 14.2 Å². The third-order valence-electron chi connectivity index (χ3n) is 3.78. The predicted octanol–water partition coefficient (Wildman–Crippen LogP) is 3.20. The normalized spacial score (nSPS) is 11.2. The Hall–Kier alpha value is -1.84. The molecule has 1 aromatic heterocycles. The third-order valence-corrected chi connectivity index (χ3v) is 3.78. The number of rotatable bonds is 8. The van der Waals surface area contributed by atoms with Crippen LogP contribution in [0.15, 0.2) is 29.3 Å². The number of methoxy groups -OCH3 is 1. The summed E-state index contributed by atoms with van der Waals surface area (Å²) in [5.41, 5.74) is 0.944. The van der Waals surface area contributed by atoms with Gasteiger partial charge in [0.05, 0.1) is 13.7 Å². The first-order chi connectivity index (χ1) is 12.1. The van der Waals surface area contributed by atoms with Crippen LogP contribution in [-0.4, -0.2) is 41.8 Å². The van der Waals surface area contributed by atoms with Gasteiger partial charge in [0, 0.05) is 19.2 Å². The number of hydrogen-bond acceptors (Lipinski definition) is 4. The van der Waals surface area contributed by atoms with Gasteiger partial charge in [0.25, 0.3) is 0 Å². The van der Waals surface area contributed by atoms with Gasteiger partial charge in [-0.15, -0.1) is 24.0 Å². The van der Waals surface area contributed by atoms with Crippen LogP contribution in [0.4, 0.5) is 0 Å². The largest absolute Gasteiger partial charge is 0.497 e. The maximum Gasteiger partial charge on any atom is 0.191 e. The van der Waals surface area contributed by atoms with E-state index in [2.05, 4.69) is 44.7 Å². The minimum atomic E-state index is 0. The summed E-state index contributed by atoms with van der Waals surface area (Å²) in [5.74, 6) is 3.73. The molecule has 0 aliphatic rings. The van der Waals surface area contributed by atoms with E-state index in [9.17, 15) is 0 Å². The molecule has 0 aliphatic carbocycles. The van der Waals surface area contributed by atoms with Crippen molar-refractivity contribution < 1.29 is 4.74 Å². The quantitative estimate of drug-likeness (QED) is 0.238. The van der Waals surface area contributed by atoms with Crippen molar-refractivity contribution in [2.75, 3.05) is 20.7 Å². The number of nitrogens with zero attached hydrogens (tertiary/aromatic N) is 3. The zero-order chi connectivity index (χ0) is 18.1. The van der Waals surface area contributed by atoms with Gasteiger partial charge in [0.1, 0.15) is 11.6 Å². The SMILES string of the molecule is CN=C(NCCCC(C)C)NCc1nc(-c2ccc(OC)cc2)n[nH]1.I. The molecule has 2 rings (SSSR count). The lowest BCUT2D eigenvalue weighted by Gasteiger charge is -2.11. The van der Waals surface area contributed by atoms with Gasteiger partial charge >= 0.3 is 0 Å². The molecule has 7 nitrogen and oxygen atoms in total. The molecular weight excluding hydrogens is 443 g/mol. The van der Waals surface area contributed by atoms with Crippen molar-refractivity contribution in [2.45, 2.75) is 33.2 Å². The molecule has 0 aliphatic heterocycles. The molecule has 3 N–H and O–H groups in total. The molecule has 0 unspecified atom stereocenters. The zero-order valence-electron chi connectivity index (χ0n) is 15.9. The number of ether oxygens (including phenoxy) is 1. The van der Waals surface area contributed by atoms with E-state index >= 15 is 0 Å². The topological polar surface area (TPSA) is 87.2 Å². The van der Waals surface area contributed by atoms with E-state index in [4.69, 9.17) is 4.74 Å². The maximum atomic E-state index is 5.16. The molecular formula is C18H29IN6O. The highest BCUT2D eigenvalue weighted by Crippen LogP contribution is 2.18. The Balaban J connectivity index is 0.00000338. The Labute approximate surface area is 172 Å². The van der Waals surface area contributed by atoms with Crippen LogP contribution in [0.2, 0.25) is 0 Å². The summed E-state index contributed by atoms with van der Waals surface area (Å²) in [6, 6.07) is 7.67. The van der Waals surface area contributed by atoms with Gasteiger partial charge in [0.2, 0.25) is 0 Å². The second kappa shape index (κ2) is 11.7. The average Bonchev–Trinajstić information content (AvgIpc) is 3.10. The third kappa shape index (κ3) is 7.19. The molecule has 0 fully saturated rings. The van der Waals surface area contributed by atoms with Gasteiger partial charge in [0.15, 0.2) is 11.8 Å². The summed E-state index contributed by atoms with van der Waals surface area (Å²) in [6.45, 7) is 5.91. The Morgan fingerprint density at radius 3 is 2.58 bits per heavy atom. The molecule has 2 aromatic rings. The second-order valence-corrected chi connectivity index (χ2v) is 6.22. The highest BCUT2D eigenvalue weighted by Gasteiger charge is 2.07. The Morgan fingerprint density at radius 1 is 1.23 bits per heavy atom. The smallest absolute Gasteiger partial charge is 0.191 e. The Morgan fingerprint density at radius 2 is 1.96 bits per heavy atom. The standard InChI is InChI=1S/C18H28N6O.HI/c1-13(2)6-5-11-20-18(19-3)21-12-16-22-17(24-23-16)14-7-9-15(25-4)10-8-14;/h7-10,13H,5-6,11-12H2,1-4H3,(H2,19,20,21)(H,22,23,24);1H. The van der Waals surface area contributed by atoms with Crippen molar-refractivity contribution in [3.8, 4) is 17.1 Å². The van der Waals surface area contributed by atoms with Gasteiger partial charge < -0.3 is 15.4 Å². The number of H-pyrrole nitrogens is 1. The molecule has 0 spiro atoms. The summed E-state index contributed by atoms with van der Waals surface area (Å²) in [6.07, 6.45) is 2.33. The van der Waals surface area contributed by atoms with Crippen LogP contribution in [-0.2, 0) is 6.54 Å². The van der Waals surface area contributed by atoms with E-state index in [0.717, 1.165) is 42.0 Å². The lowest BCUT2D eigenvalue weighted by atomic mass is 10.1. The number of aliphatic imine (C=N–C) groups is 1. The van der Waals surface area contributed by atoms with Gasteiger partial charge in [-0.1, -0.05) is 13.8 Å². The molecule has 1 aromatic carbocycles. The Bertz CT molecular complexity index is 669. The fourth-order valence-corrected chi connectivity index (χ4v) is 2.35. The van der Waals surface area contributed by atoms with Crippen LogP contribution in [0.5, 0.6) is 5.75 Å². The molecule has 0 bridgehead atoms. The number of aromatic amines is 1. The van der Waals surface area contributed by atoms with Crippen molar-refractivity contribution in [3.05, 3.63) is 30.1 Å². The number of benzene rings is 1. The van der Waals surface area contributed by atoms with Crippen LogP contribution >= 0.6 is 24.0 Å². The number of guanidine groups is 1. The summed E-state index contributed by atoms with van der Waals surface area (Å²) < 4.78 is 5.16. The number of hydrogen-bond donors (Lipinski definition) is 3. The van der Waals surface area contributed by atoms with Crippen molar-refractivity contribution in [1.82, 2.24) is 25.8 Å². The van der Waals surface area contributed by atoms with Crippen LogP contribution in [0, 0.1) is 5.92 Å². The zero-order valence-corrected chi connectivity index (χ0v) is 18.2. The van der Waals surface area contributed by atoms with Crippen LogP contribution in [0.25, 0.3) is 11.4 Å². The maximum absolute atomic E-state index is 5.16. The monoisotopic (exact) mass is 472 g/mol. The predicted molar refractivity (Wildman–Crippen MR) is 116 cm³/mol. The summed E-state index contributed by atoms with van der Waals surface area (Å²) in [7, 11) is 3.41. The first-order valence-corrected chi connectivity index (χ1v) is 8.62. The number of halogens is 1. The van der Waals surface area contributed by atoms with E-state index in [0.29, 0.717) is 12.4 Å². The summed E-state index contributed by atoms with van der Waals surface area (Å²) >= 11 is 0. The van der Waals surface area contributed by atoms with E-state index in [-0.39, 0.29) is 24.0 Å². The molecule has 1 heterocycles. The van der Waals surface area contributed by atoms with E-state index in [1.165, 1.54) is 6.42 Å². The highest BCUT2D eigenvalue weighted by molar-refractivity contribution is 14.0. The fourth-order valence-electron chi connectivity index (χ4n) is 2.35. The first-order valence-electron chi connectivity index (χ1n) is 8.62. The van der Waals surface area contributed by atoms with Crippen molar-refractivity contribution in [3.63, 3.8) is 0 Å². The second-order valence-electron chi connectivity index (χ2n) is 6.22.